The van der Waals surface area contributed by atoms with Gasteiger partial charge in [0.1, 0.15) is 29.1 Å². The number of hydrogen-bond donors (Lipinski definition) is 2. The summed E-state index contributed by atoms with van der Waals surface area (Å²) in [4.78, 5) is 10.7. The molecule has 0 aliphatic rings. The SMILES string of the molecule is COc1ccc(C(CCCNCC(=O)O)Oc2ccc(Oc3cccc(OC)c3)c(OC)c2)cc1. The smallest absolute Gasteiger partial charge is 0.317 e. The summed E-state index contributed by atoms with van der Waals surface area (Å²) in [5.41, 5.74) is 0.986. The molecule has 3 aromatic rings. The van der Waals surface area contributed by atoms with E-state index in [-0.39, 0.29) is 12.6 Å². The van der Waals surface area contributed by atoms with Crippen LogP contribution in [0.2, 0.25) is 0 Å². The summed E-state index contributed by atoms with van der Waals surface area (Å²) in [7, 11) is 4.80. The van der Waals surface area contributed by atoms with Crippen LogP contribution >= 0.6 is 0 Å². The number of aliphatic carboxylic acids is 1. The van der Waals surface area contributed by atoms with E-state index in [2.05, 4.69) is 5.32 Å². The Labute approximate surface area is 205 Å². The fourth-order valence-corrected chi connectivity index (χ4v) is 3.48. The van der Waals surface area contributed by atoms with Gasteiger partial charge in [0.15, 0.2) is 11.5 Å². The Kier molecular flexibility index (Phi) is 9.62. The Balaban J connectivity index is 1.74. The Bertz CT molecular complexity index is 1090. The van der Waals surface area contributed by atoms with E-state index in [0.717, 1.165) is 17.7 Å². The largest absolute Gasteiger partial charge is 0.497 e. The number of nitrogens with one attached hydrogen (secondary N) is 1. The molecule has 0 saturated heterocycles. The van der Waals surface area contributed by atoms with E-state index in [0.29, 0.717) is 41.7 Å². The lowest BCUT2D eigenvalue weighted by Gasteiger charge is -2.21. The number of hydrogen-bond acceptors (Lipinski definition) is 7. The molecule has 0 fully saturated rings. The highest BCUT2D eigenvalue weighted by atomic mass is 16.5. The number of carboxylic acid groups (broad SMARTS) is 1. The highest BCUT2D eigenvalue weighted by Crippen LogP contribution is 2.37. The Morgan fingerprint density at radius 1 is 0.829 bits per heavy atom. The molecule has 3 aromatic carbocycles. The molecule has 0 aromatic heterocycles. The van der Waals surface area contributed by atoms with E-state index in [9.17, 15) is 4.79 Å². The van der Waals surface area contributed by atoms with Crippen molar-refractivity contribution in [2.24, 2.45) is 0 Å². The second kappa shape index (κ2) is 13.1. The molecule has 186 valence electrons. The lowest BCUT2D eigenvalue weighted by molar-refractivity contribution is -0.135. The zero-order chi connectivity index (χ0) is 25.0. The van der Waals surface area contributed by atoms with Gasteiger partial charge in [-0.2, -0.15) is 0 Å². The van der Waals surface area contributed by atoms with Crippen molar-refractivity contribution >= 4 is 5.97 Å². The lowest BCUT2D eigenvalue weighted by atomic mass is 10.0. The third-order valence-corrected chi connectivity index (χ3v) is 5.27. The summed E-state index contributed by atoms with van der Waals surface area (Å²) in [6.45, 7) is 0.499. The van der Waals surface area contributed by atoms with Crippen molar-refractivity contribution in [2.75, 3.05) is 34.4 Å². The summed E-state index contributed by atoms with van der Waals surface area (Å²) in [6.07, 6.45) is 1.17. The van der Waals surface area contributed by atoms with Gasteiger partial charge in [-0.05, 0) is 61.3 Å². The van der Waals surface area contributed by atoms with Crippen LogP contribution in [0.15, 0.2) is 66.7 Å². The molecular formula is C27H31NO7. The fourth-order valence-electron chi connectivity index (χ4n) is 3.48. The monoisotopic (exact) mass is 481 g/mol. The average molecular weight is 482 g/mol. The zero-order valence-corrected chi connectivity index (χ0v) is 20.2. The van der Waals surface area contributed by atoms with Crippen LogP contribution in [0.1, 0.15) is 24.5 Å². The van der Waals surface area contributed by atoms with Crippen molar-refractivity contribution in [3.05, 3.63) is 72.3 Å². The molecule has 0 aliphatic heterocycles. The van der Waals surface area contributed by atoms with Crippen LogP contribution in [0.4, 0.5) is 0 Å². The minimum atomic E-state index is -0.878. The molecule has 35 heavy (non-hydrogen) atoms. The summed E-state index contributed by atoms with van der Waals surface area (Å²) in [5.74, 6) is 2.91. The van der Waals surface area contributed by atoms with Crippen molar-refractivity contribution in [3.8, 4) is 34.5 Å². The fraction of sp³-hybridized carbons (Fsp3) is 0.296. The highest BCUT2D eigenvalue weighted by Gasteiger charge is 2.16. The minimum absolute atomic E-state index is 0.0694. The maximum Gasteiger partial charge on any atom is 0.317 e. The Morgan fingerprint density at radius 3 is 2.23 bits per heavy atom. The van der Waals surface area contributed by atoms with Gasteiger partial charge in [-0.15, -0.1) is 0 Å². The Morgan fingerprint density at radius 2 is 1.54 bits per heavy atom. The van der Waals surface area contributed by atoms with Crippen LogP contribution < -0.4 is 29.0 Å². The molecule has 0 bridgehead atoms. The summed E-state index contributed by atoms with van der Waals surface area (Å²) in [6, 6.07) is 20.4. The van der Waals surface area contributed by atoms with E-state index in [1.54, 1.807) is 39.5 Å². The quantitative estimate of drug-likeness (QED) is 0.308. The van der Waals surface area contributed by atoms with Gasteiger partial charge >= 0.3 is 5.97 Å². The standard InChI is InChI=1S/C27H31NO7/c1-31-20-11-9-19(10-12-20)24(8-5-15-28-18-27(29)30)34-23-13-14-25(26(17-23)33-3)35-22-7-4-6-21(16-22)32-2/h4,6-7,9-14,16-17,24,28H,5,8,15,18H2,1-3H3,(H,29,30). The van der Waals surface area contributed by atoms with Crippen LogP contribution in [0.3, 0.4) is 0 Å². The van der Waals surface area contributed by atoms with Gasteiger partial charge in [0.25, 0.3) is 0 Å². The number of carbonyl (C=O) groups is 1. The van der Waals surface area contributed by atoms with Gasteiger partial charge in [0.2, 0.25) is 0 Å². The van der Waals surface area contributed by atoms with Crippen LogP contribution in [-0.2, 0) is 4.79 Å². The predicted molar refractivity (Wildman–Crippen MR) is 132 cm³/mol. The van der Waals surface area contributed by atoms with Crippen LogP contribution in [0.5, 0.6) is 34.5 Å². The highest BCUT2D eigenvalue weighted by molar-refractivity contribution is 5.68. The number of methoxy groups -OCH3 is 3. The van der Waals surface area contributed by atoms with Gasteiger partial charge in [-0.3, -0.25) is 4.79 Å². The van der Waals surface area contributed by atoms with Crippen LogP contribution in [0.25, 0.3) is 0 Å². The minimum Gasteiger partial charge on any atom is -0.497 e. The van der Waals surface area contributed by atoms with Gasteiger partial charge in [0.05, 0.1) is 27.9 Å². The summed E-state index contributed by atoms with van der Waals surface area (Å²) >= 11 is 0. The molecule has 0 aliphatic carbocycles. The number of benzene rings is 3. The molecule has 0 radical (unpaired) electrons. The van der Waals surface area contributed by atoms with Crippen molar-refractivity contribution < 1.29 is 33.6 Å². The van der Waals surface area contributed by atoms with Crippen molar-refractivity contribution in [2.45, 2.75) is 18.9 Å². The molecule has 0 heterocycles. The van der Waals surface area contributed by atoms with Crippen molar-refractivity contribution in [1.29, 1.82) is 0 Å². The van der Waals surface area contributed by atoms with Gasteiger partial charge in [0, 0.05) is 12.1 Å². The van der Waals surface area contributed by atoms with E-state index < -0.39 is 5.97 Å². The van der Waals surface area contributed by atoms with Crippen LogP contribution in [-0.4, -0.2) is 45.5 Å². The van der Waals surface area contributed by atoms with E-state index in [4.69, 9.17) is 28.8 Å². The van der Waals surface area contributed by atoms with Crippen molar-refractivity contribution in [3.63, 3.8) is 0 Å². The first-order chi connectivity index (χ1) is 17.0. The second-order valence-electron chi connectivity index (χ2n) is 7.69. The predicted octanol–water partition coefficient (Wildman–Crippen LogP) is 5.08. The van der Waals surface area contributed by atoms with Crippen LogP contribution in [0, 0.1) is 0 Å². The molecule has 3 rings (SSSR count). The maximum atomic E-state index is 10.7. The molecule has 0 saturated carbocycles. The van der Waals surface area contributed by atoms with Crippen molar-refractivity contribution in [1.82, 2.24) is 5.32 Å². The number of carboxylic acids is 1. The molecular weight excluding hydrogens is 450 g/mol. The van der Waals surface area contributed by atoms with Gasteiger partial charge < -0.3 is 34.1 Å². The average Bonchev–Trinajstić information content (AvgIpc) is 2.88. The topological polar surface area (TPSA) is 95.5 Å². The summed E-state index contributed by atoms with van der Waals surface area (Å²) < 4.78 is 28.4. The molecule has 8 nitrogen and oxygen atoms in total. The van der Waals surface area contributed by atoms with Gasteiger partial charge in [-0.1, -0.05) is 18.2 Å². The third-order valence-electron chi connectivity index (χ3n) is 5.27. The first-order valence-corrected chi connectivity index (χ1v) is 11.3. The number of ether oxygens (including phenoxy) is 5. The Hall–Kier alpha value is -3.91. The molecule has 0 amide bonds. The van der Waals surface area contributed by atoms with E-state index in [1.807, 2.05) is 48.5 Å². The molecule has 1 atom stereocenters. The molecule has 0 spiro atoms. The first kappa shape index (κ1) is 25.7. The first-order valence-electron chi connectivity index (χ1n) is 11.3. The zero-order valence-electron chi connectivity index (χ0n) is 20.2. The van der Waals surface area contributed by atoms with Gasteiger partial charge in [-0.25, -0.2) is 0 Å². The molecule has 1 unspecified atom stereocenters. The number of rotatable bonds is 14. The molecule has 2 N–H and O–H groups in total. The summed E-state index contributed by atoms with van der Waals surface area (Å²) in [5, 5.41) is 11.7. The molecule has 8 heteroatoms. The maximum absolute atomic E-state index is 10.7. The second-order valence-corrected chi connectivity index (χ2v) is 7.69. The normalized spacial score (nSPS) is 11.4. The third kappa shape index (κ3) is 7.82. The lowest BCUT2D eigenvalue weighted by Crippen LogP contribution is -2.24. The van der Waals surface area contributed by atoms with E-state index in [1.165, 1.54) is 0 Å². The van der Waals surface area contributed by atoms with E-state index >= 15 is 0 Å².